The van der Waals surface area contributed by atoms with Crippen molar-refractivity contribution in [3.05, 3.63) is 35.6 Å². The van der Waals surface area contributed by atoms with Gasteiger partial charge in [0.2, 0.25) is 0 Å². The minimum atomic E-state index is -0.107. The van der Waals surface area contributed by atoms with Crippen molar-refractivity contribution in [2.24, 2.45) is 0 Å². The Morgan fingerprint density at radius 3 is 2.42 bits per heavy atom. The Labute approximate surface area is 73.4 Å². The van der Waals surface area contributed by atoms with Crippen LogP contribution in [-0.2, 0) is 0 Å². The summed E-state index contributed by atoms with van der Waals surface area (Å²) in [6.07, 6.45) is 2.48. The molecule has 12 heavy (non-hydrogen) atoms. The van der Waals surface area contributed by atoms with E-state index in [2.05, 4.69) is 0 Å². The van der Waals surface area contributed by atoms with Gasteiger partial charge in [-0.3, -0.25) is 0 Å². The van der Waals surface area contributed by atoms with Crippen LogP contribution in [-0.4, -0.2) is 0 Å². The first-order valence-electron chi connectivity index (χ1n) is 4.62. The van der Waals surface area contributed by atoms with Crippen LogP contribution in [0.15, 0.2) is 24.3 Å². The zero-order valence-corrected chi connectivity index (χ0v) is 7.68. The average molecular weight is 166 g/mol. The number of halogens is 1. The van der Waals surface area contributed by atoms with E-state index in [9.17, 15) is 4.39 Å². The molecule has 0 unspecified atom stereocenters. The summed E-state index contributed by atoms with van der Waals surface area (Å²) in [6.45, 7) is 4.00. The van der Waals surface area contributed by atoms with Gasteiger partial charge in [-0.2, -0.15) is 0 Å². The quantitative estimate of drug-likeness (QED) is 0.596. The van der Waals surface area contributed by atoms with E-state index < -0.39 is 0 Å². The molecule has 1 fully saturated rings. The highest BCUT2D eigenvalue weighted by Crippen LogP contribution is 2.39. The Hall–Kier alpha value is -0.850. The van der Waals surface area contributed by atoms with Gasteiger partial charge in [0.15, 0.2) is 0 Å². The van der Waals surface area contributed by atoms with Crippen molar-refractivity contribution in [3.8, 4) is 0 Å². The molecular weight excluding hydrogens is 151 g/mol. The number of rotatable bonds is 1. The van der Waals surface area contributed by atoms with Crippen molar-refractivity contribution in [1.29, 1.82) is 0 Å². The Kier molecular flexibility index (Phi) is 3.27. The molecule has 0 amide bonds. The zero-order chi connectivity index (χ0) is 8.97. The van der Waals surface area contributed by atoms with Gasteiger partial charge in [-0.1, -0.05) is 26.0 Å². The fourth-order valence-electron chi connectivity index (χ4n) is 1.18. The molecule has 0 heterocycles. The van der Waals surface area contributed by atoms with Gasteiger partial charge in [0.05, 0.1) is 0 Å². The largest absolute Gasteiger partial charge is 0.207 e. The lowest BCUT2D eigenvalue weighted by atomic mass is 10.1. The summed E-state index contributed by atoms with van der Waals surface area (Å²) in [4.78, 5) is 0. The van der Waals surface area contributed by atoms with Crippen molar-refractivity contribution < 1.29 is 4.39 Å². The van der Waals surface area contributed by atoms with E-state index in [1.807, 2.05) is 19.9 Å². The zero-order valence-electron chi connectivity index (χ0n) is 7.68. The molecule has 0 saturated heterocycles. The monoisotopic (exact) mass is 166 g/mol. The lowest BCUT2D eigenvalue weighted by Gasteiger charge is -1.94. The fraction of sp³-hybridized carbons (Fsp3) is 0.455. The Balaban J connectivity index is 0.000000336. The highest BCUT2D eigenvalue weighted by Gasteiger charge is 2.23. The van der Waals surface area contributed by atoms with E-state index in [0.717, 1.165) is 0 Å². The molecule has 0 nitrogen and oxygen atoms in total. The molecule has 0 spiro atoms. The van der Waals surface area contributed by atoms with Crippen molar-refractivity contribution in [2.75, 3.05) is 0 Å². The van der Waals surface area contributed by atoms with Gasteiger partial charge in [-0.05, 0) is 36.5 Å². The topological polar surface area (TPSA) is 0 Å². The lowest BCUT2D eigenvalue weighted by molar-refractivity contribution is 0.625. The van der Waals surface area contributed by atoms with Gasteiger partial charge in [0.1, 0.15) is 5.82 Å². The maximum absolute atomic E-state index is 12.6. The van der Waals surface area contributed by atoms with Crippen molar-refractivity contribution in [1.82, 2.24) is 0 Å². The van der Waals surface area contributed by atoms with Crippen LogP contribution in [0.1, 0.15) is 38.2 Å². The lowest BCUT2D eigenvalue weighted by Crippen LogP contribution is -1.79. The third kappa shape index (κ3) is 2.33. The molecule has 0 aliphatic heterocycles. The minimum absolute atomic E-state index is 0.107. The second kappa shape index (κ2) is 4.24. The van der Waals surface area contributed by atoms with Crippen LogP contribution in [0.5, 0.6) is 0 Å². The predicted octanol–water partition coefficient (Wildman–Crippen LogP) is 3.73. The second-order valence-electron chi connectivity index (χ2n) is 2.83. The molecule has 1 heteroatoms. The third-order valence-electron chi connectivity index (χ3n) is 1.90. The van der Waals surface area contributed by atoms with E-state index in [-0.39, 0.29) is 5.82 Å². The van der Waals surface area contributed by atoms with Gasteiger partial charge >= 0.3 is 0 Å². The molecule has 0 atom stereocenters. The van der Waals surface area contributed by atoms with Gasteiger partial charge in [-0.25, -0.2) is 4.39 Å². The Morgan fingerprint density at radius 2 is 1.92 bits per heavy atom. The highest BCUT2D eigenvalue weighted by atomic mass is 19.1. The molecule has 0 aromatic heterocycles. The van der Waals surface area contributed by atoms with Gasteiger partial charge < -0.3 is 0 Å². The molecule has 0 radical (unpaired) electrons. The van der Waals surface area contributed by atoms with E-state index in [4.69, 9.17) is 0 Å². The van der Waals surface area contributed by atoms with E-state index in [1.165, 1.54) is 24.5 Å². The van der Waals surface area contributed by atoms with Crippen molar-refractivity contribution in [3.63, 3.8) is 0 Å². The van der Waals surface area contributed by atoms with Crippen LogP contribution in [0.3, 0.4) is 0 Å². The van der Waals surface area contributed by atoms with E-state index >= 15 is 0 Å². The number of benzene rings is 1. The van der Waals surface area contributed by atoms with Crippen LogP contribution < -0.4 is 0 Å². The molecular formula is C11H15F. The molecule has 66 valence electrons. The normalized spacial score (nSPS) is 14.9. The van der Waals surface area contributed by atoms with Gasteiger partial charge in [0.25, 0.3) is 0 Å². The minimum Gasteiger partial charge on any atom is -0.207 e. The molecule has 1 aromatic carbocycles. The molecule has 2 rings (SSSR count). The van der Waals surface area contributed by atoms with Crippen LogP contribution in [0.2, 0.25) is 0 Å². The molecule has 1 aliphatic rings. The average Bonchev–Trinajstić information content (AvgIpc) is 2.90. The van der Waals surface area contributed by atoms with Crippen molar-refractivity contribution in [2.45, 2.75) is 32.6 Å². The molecule has 1 aliphatic carbocycles. The first-order valence-corrected chi connectivity index (χ1v) is 4.62. The summed E-state index contributed by atoms with van der Waals surface area (Å²) in [5.41, 5.74) is 1.17. The summed E-state index contributed by atoms with van der Waals surface area (Å²) in [6, 6.07) is 6.91. The first kappa shape index (κ1) is 9.24. The summed E-state index contributed by atoms with van der Waals surface area (Å²) >= 11 is 0. The number of hydrogen-bond acceptors (Lipinski definition) is 0. The third-order valence-corrected chi connectivity index (χ3v) is 1.90. The molecule has 0 bridgehead atoms. The maximum atomic E-state index is 12.6. The second-order valence-corrected chi connectivity index (χ2v) is 2.83. The smallest absolute Gasteiger partial charge is 0.123 e. The maximum Gasteiger partial charge on any atom is 0.123 e. The SMILES string of the molecule is CC.Fc1cccc(C2CC2)c1. The first-order chi connectivity index (χ1) is 5.86. The summed E-state index contributed by atoms with van der Waals surface area (Å²) in [7, 11) is 0. The van der Waals surface area contributed by atoms with Crippen LogP contribution in [0.25, 0.3) is 0 Å². The molecule has 1 aromatic rings. The fourth-order valence-corrected chi connectivity index (χ4v) is 1.18. The van der Waals surface area contributed by atoms with Gasteiger partial charge in [-0.15, -0.1) is 0 Å². The summed E-state index contributed by atoms with van der Waals surface area (Å²) in [5.74, 6) is 0.556. The summed E-state index contributed by atoms with van der Waals surface area (Å²) in [5, 5.41) is 0. The number of hydrogen-bond donors (Lipinski definition) is 0. The van der Waals surface area contributed by atoms with E-state index in [1.54, 1.807) is 12.1 Å². The van der Waals surface area contributed by atoms with Crippen LogP contribution in [0, 0.1) is 5.82 Å². The standard InChI is InChI=1S/C9H9F.C2H6/c10-9-3-1-2-8(6-9)7-4-5-7;1-2/h1-3,6-7H,4-5H2;1-2H3. The van der Waals surface area contributed by atoms with Crippen molar-refractivity contribution >= 4 is 0 Å². The van der Waals surface area contributed by atoms with Crippen LogP contribution in [0.4, 0.5) is 4.39 Å². The Bertz CT molecular complexity index is 239. The van der Waals surface area contributed by atoms with Crippen LogP contribution >= 0.6 is 0 Å². The molecule has 1 saturated carbocycles. The predicted molar refractivity (Wildman–Crippen MR) is 49.7 cm³/mol. The van der Waals surface area contributed by atoms with E-state index in [0.29, 0.717) is 5.92 Å². The highest BCUT2D eigenvalue weighted by molar-refractivity contribution is 5.24. The Morgan fingerprint density at radius 1 is 1.25 bits per heavy atom. The summed E-state index contributed by atoms with van der Waals surface area (Å²) < 4.78 is 12.6. The van der Waals surface area contributed by atoms with Gasteiger partial charge in [0, 0.05) is 0 Å². The molecule has 0 N–H and O–H groups in total.